The van der Waals surface area contributed by atoms with Gasteiger partial charge in [0.1, 0.15) is 0 Å². The van der Waals surface area contributed by atoms with Gasteiger partial charge in [-0.1, -0.05) is 53.6 Å². The predicted octanol–water partition coefficient (Wildman–Crippen LogP) is 3.53. The lowest BCUT2D eigenvalue weighted by Crippen LogP contribution is -2.18. The van der Waals surface area contributed by atoms with Gasteiger partial charge in [-0.3, -0.25) is 0 Å². The molecule has 0 aliphatic heterocycles. The molecular weight excluding hydrogens is 322 g/mol. The second-order valence-corrected chi connectivity index (χ2v) is 8.13. The van der Waals surface area contributed by atoms with Crippen LogP contribution in [0.3, 0.4) is 0 Å². The molecule has 4 N–H and O–H groups in total. The highest BCUT2D eigenvalue weighted by Gasteiger charge is 2.43. The quantitative estimate of drug-likeness (QED) is 0.494. The van der Waals surface area contributed by atoms with Crippen molar-refractivity contribution in [2.45, 2.75) is 57.7 Å². The van der Waals surface area contributed by atoms with Crippen molar-refractivity contribution in [3.8, 4) is 0 Å². The number of fused-ring (bicyclic) bond motifs is 1. The predicted molar refractivity (Wildman–Crippen MR) is 107 cm³/mol. The van der Waals surface area contributed by atoms with E-state index in [9.17, 15) is 10.2 Å². The van der Waals surface area contributed by atoms with Crippen LogP contribution in [0.1, 0.15) is 43.2 Å². The molecule has 0 bridgehead atoms. The monoisotopic (exact) mass is 355 g/mol. The van der Waals surface area contributed by atoms with Gasteiger partial charge in [0.25, 0.3) is 0 Å². The molecule has 0 spiro atoms. The molecule has 0 heterocycles. The second-order valence-electron chi connectivity index (χ2n) is 8.13. The van der Waals surface area contributed by atoms with Crippen LogP contribution in [-0.4, -0.2) is 29.0 Å². The smallest absolute Gasteiger partial charge is 0.0761 e. The minimum Gasteiger partial charge on any atom is -0.392 e. The maximum Gasteiger partial charge on any atom is 0.0761 e. The average molecular weight is 356 g/mol. The van der Waals surface area contributed by atoms with Crippen LogP contribution >= 0.6 is 0 Å². The van der Waals surface area contributed by atoms with Crippen LogP contribution in [0, 0.1) is 24.7 Å². The first kappa shape index (κ1) is 19.3. The summed E-state index contributed by atoms with van der Waals surface area (Å²) in [4.78, 5) is 0. The van der Waals surface area contributed by atoms with Crippen LogP contribution < -0.4 is 5.73 Å². The largest absolute Gasteiger partial charge is 0.392 e. The van der Waals surface area contributed by atoms with Crippen molar-refractivity contribution in [3.63, 3.8) is 0 Å². The molecule has 2 aliphatic carbocycles. The van der Waals surface area contributed by atoms with Crippen LogP contribution in [0.2, 0.25) is 0 Å². The molecule has 5 atom stereocenters. The molecule has 0 amide bonds. The normalized spacial score (nSPS) is 29.2. The van der Waals surface area contributed by atoms with Crippen LogP contribution in [0.15, 0.2) is 48.1 Å². The number of aryl methyl sites for hydroxylation is 1. The molecule has 3 rings (SSSR count). The molecule has 1 saturated carbocycles. The van der Waals surface area contributed by atoms with Gasteiger partial charge < -0.3 is 15.9 Å². The molecule has 3 heteroatoms. The molecule has 0 radical (unpaired) electrons. The standard InChI is InChI=1S/C23H33NO2/c1-16-5-4-7-17(11-16)13-20(25)8-9-21-22-14-18(6-2-3-10-24)12-19(22)15-23(21)26/h4-5,7-9,11-12,19-23,25-26H,2-3,6,10,13-15,24H2,1H3/b9-8+/t19-,20-,21+,22-,23+/m0/s1. The van der Waals surface area contributed by atoms with E-state index in [2.05, 4.69) is 37.3 Å². The van der Waals surface area contributed by atoms with Gasteiger partial charge in [-0.2, -0.15) is 0 Å². The third-order valence-electron chi connectivity index (χ3n) is 5.98. The van der Waals surface area contributed by atoms with Gasteiger partial charge in [0, 0.05) is 12.3 Å². The number of aliphatic hydroxyl groups excluding tert-OH is 2. The maximum atomic E-state index is 10.5. The zero-order valence-electron chi connectivity index (χ0n) is 15.8. The molecule has 0 aromatic heterocycles. The van der Waals surface area contributed by atoms with Gasteiger partial charge in [0.15, 0.2) is 0 Å². The van der Waals surface area contributed by atoms with Crippen molar-refractivity contribution < 1.29 is 10.2 Å². The first-order chi connectivity index (χ1) is 12.6. The minimum atomic E-state index is -0.499. The Morgan fingerprint density at radius 1 is 1.31 bits per heavy atom. The minimum absolute atomic E-state index is 0.162. The van der Waals surface area contributed by atoms with Gasteiger partial charge in [-0.05, 0) is 63.0 Å². The van der Waals surface area contributed by atoms with Gasteiger partial charge in [0.05, 0.1) is 12.2 Å². The lowest BCUT2D eigenvalue weighted by molar-refractivity contribution is 0.140. The van der Waals surface area contributed by atoms with Crippen LogP contribution in [0.25, 0.3) is 0 Å². The summed E-state index contributed by atoms with van der Waals surface area (Å²) in [5.41, 5.74) is 9.50. The average Bonchev–Trinajstić information content (AvgIpc) is 3.10. The summed E-state index contributed by atoms with van der Waals surface area (Å²) < 4.78 is 0. The van der Waals surface area contributed by atoms with E-state index in [0.717, 1.165) is 37.8 Å². The van der Waals surface area contributed by atoms with Gasteiger partial charge >= 0.3 is 0 Å². The Balaban J connectivity index is 1.55. The second kappa shape index (κ2) is 8.98. The molecule has 3 nitrogen and oxygen atoms in total. The van der Waals surface area contributed by atoms with Crippen molar-refractivity contribution in [1.29, 1.82) is 0 Å². The molecule has 1 aromatic rings. The van der Waals surface area contributed by atoms with E-state index < -0.39 is 6.10 Å². The van der Waals surface area contributed by atoms with Crippen molar-refractivity contribution in [2.75, 3.05) is 6.54 Å². The lowest BCUT2D eigenvalue weighted by atomic mass is 9.88. The molecule has 0 saturated heterocycles. The molecule has 1 fully saturated rings. The highest BCUT2D eigenvalue weighted by Crippen LogP contribution is 2.48. The van der Waals surface area contributed by atoms with Gasteiger partial charge in [-0.15, -0.1) is 0 Å². The van der Waals surface area contributed by atoms with E-state index in [1.165, 1.54) is 12.0 Å². The number of benzene rings is 1. The number of rotatable bonds is 8. The summed E-state index contributed by atoms with van der Waals surface area (Å²) in [6.07, 6.45) is 11.6. The van der Waals surface area contributed by atoms with Crippen molar-refractivity contribution in [3.05, 3.63) is 59.2 Å². The number of aliphatic hydroxyl groups is 2. The fraction of sp³-hybridized carbons (Fsp3) is 0.565. The van der Waals surface area contributed by atoms with E-state index in [1.54, 1.807) is 5.57 Å². The first-order valence-electron chi connectivity index (χ1n) is 10.1. The van der Waals surface area contributed by atoms with E-state index >= 15 is 0 Å². The van der Waals surface area contributed by atoms with E-state index in [-0.39, 0.29) is 12.0 Å². The third kappa shape index (κ3) is 4.85. The van der Waals surface area contributed by atoms with Crippen LogP contribution in [-0.2, 0) is 6.42 Å². The fourth-order valence-electron chi connectivity index (χ4n) is 4.69. The third-order valence-corrected chi connectivity index (χ3v) is 5.98. The summed E-state index contributed by atoms with van der Waals surface area (Å²) in [5.74, 6) is 1.16. The Kier molecular flexibility index (Phi) is 6.68. The maximum absolute atomic E-state index is 10.5. The topological polar surface area (TPSA) is 66.5 Å². The van der Waals surface area contributed by atoms with Crippen LogP contribution in [0.5, 0.6) is 0 Å². The summed E-state index contributed by atoms with van der Waals surface area (Å²) in [6, 6.07) is 8.27. The van der Waals surface area contributed by atoms with Gasteiger partial charge in [-0.25, -0.2) is 0 Å². The number of unbranched alkanes of at least 4 members (excludes halogenated alkanes) is 1. The van der Waals surface area contributed by atoms with E-state index in [4.69, 9.17) is 5.73 Å². The Morgan fingerprint density at radius 3 is 2.92 bits per heavy atom. The summed E-state index contributed by atoms with van der Waals surface area (Å²) >= 11 is 0. The summed E-state index contributed by atoms with van der Waals surface area (Å²) in [7, 11) is 0. The van der Waals surface area contributed by atoms with Gasteiger partial charge in [0.2, 0.25) is 0 Å². The SMILES string of the molecule is Cc1cccc(C[C@@H](O)/C=C/[C@@H]2[C@H]3CC(CCCCN)=C[C@H]3C[C@H]2O)c1. The fourth-order valence-corrected chi connectivity index (χ4v) is 4.69. The highest BCUT2D eigenvalue weighted by molar-refractivity contribution is 5.24. The number of hydrogen-bond donors (Lipinski definition) is 3. The Labute approximate surface area is 157 Å². The molecule has 1 aromatic carbocycles. The number of allylic oxidation sites excluding steroid dienone is 2. The molecule has 26 heavy (non-hydrogen) atoms. The number of hydrogen-bond acceptors (Lipinski definition) is 3. The number of nitrogens with two attached hydrogens (primary N) is 1. The molecular formula is C23H33NO2. The van der Waals surface area contributed by atoms with Crippen molar-refractivity contribution in [2.24, 2.45) is 23.5 Å². The lowest BCUT2D eigenvalue weighted by Gasteiger charge is -2.19. The molecule has 0 unspecified atom stereocenters. The Bertz CT molecular complexity index is 651. The highest BCUT2D eigenvalue weighted by atomic mass is 16.3. The van der Waals surface area contributed by atoms with Crippen molar-refractivity contribution >= 4 is 0 Å². The zero-order valence-corrected chi connectivity index (χ0v) is 15.8. The van der Waals surface area contributed by atoms with Crippen LogP contribution in [0.4, 0.5) is 0 Å². The zero-order chi connectivity index (χ0) is 18.5. The first-order valence-corrected chi connectivity index (χ1v) is 10.1. The van der Waals surface area contributed by atoms with E-state index in [0.29, 0.717) is 18.3 Å². The summed E-state index contributed by atoms with van der Waals surface area (Å²) in [5, 5.41) is 20.8. The van der Waals surface area contributed by atoms with Crippen molar-refractivity contribution in [1.82, 2.24) is 0 Å². The molecule has 142 valence electrons. The molecule has 2 aliphatic rings. The Morgan fingerprint density at radius 2 is 2.15 bits per heavy atom. The Hall–Kier alpha value is -1.42. The van der Waals surface area contributed by atoms with E-state index in [1.807, 2.05) is 12.1 Å². The summed E-state index contributed by atoms with van der Waals surface area (Å²) in [6.45, 7) is 2.84.